The fraction of sp³-hybridized carbons (Fsp3) is 0.214. The van der Waals surface area contributed by atoms with Crippen LogP contribution in [0, 0.1) is 6.92 Å². The van der Waals surface area contributed by atoms with Crippen LogP contribution in [0.15, 0.2) is 36.4 Å². The lowest BCUT2D eigenvalue weighted by atomic mass is 9.95. The van der Waals surface area contributed by atoms with Gasteiger partial charge in [-0.1, -0.05) is 36.4 Å². The highest BCUT2D eigenvalue weighted by molar-refractivity contribution is 6.35. The molecular formula is C14H13ClO. The van der Waals surface area contributed by atoms with E-state index in [4.69, 9.17) is 11.6 Å². The Hall–Kier alpha value is -1.34. The van der Waals surface area contributed by atoms with E-state index in [1.165, 1.54) is 0 Å². The van der Waals surface area contributed by atoms with Gasteiger partial charge in [0, 0.05) is 5.56 Å². The topological polar surface area (TPSA) is 17.1 Å². The number of halogens is 1. The summed E-state index contributed by atoms with van der Waals surface area (Å²) < 4.78 is 0. The van der Waals surface area contributed by atoms with E-state index in [1.54, 1.807) is 6.92 Å². The van der Waals surface area contributed by atoms with Crippen molar-refractivity contribution in [3.05, 3.63) is 47.5 Å². The van der Waals surface area contributed by atoms with Gasteiger partial charge in [-0.05, 0) is 30.2 Å². The van der Waals surface area contributed by atoms with Crippen LogP contribution in [0.5, 0.6) is 0 Å². The molecule has 1 atom stereocenters. The molecule has 0 heterocycles. The Morgan fingerprint density at radius 1 is 1.19 bits per heavy atom. The molecule has 82 valence electrons. The third kappa shape index (κ3) is 1.83. The molecule has 1 unspecified atom stereocenters. The molecule has 0 saturated carbocycles. The minimum absolute atomic E-state index is 0.00373. The van der Waals surface area contributed by atoms with Gasteiger partial charge in [-0.3, -0.25) is 4.79 Å². The maximum Gasteiger partial charge on any atom is 0.181 e. The number of aryl methyl sites for hydroxylation is 1. The van der Waals surface area contributed by atoms with E-state index >= 15 is 0 Å². The summed E-state index contributed by atoms with van der Waals surface area (Å²) in [6, 6.07) is 11.9. The summed E-state index contributed by atoms with van der Waals surface area (Å²) in [6.07, 6.45) is 0. The average Bonchev–Trinajstić information content (AvgIpc) is 2.28. The lowest BCUT2D eigenvalue weighted by molar-refractivity contribution is 0.0993. The summed E-state index contributed by atoms with van der Waals surface area (Å²) in [7, 11) is 0. The molecular weight excluding hydrogens is 220 g/mol. The molecule has 0 fully saturated rings. The van der Waals surface area contributed by atoms with Gasteiger partial charge in [-0.15, -0.1) is 11.6 Å². The van der Waals surface area contributed by atoms with Gasteiger partial charge >= 0.3 is 0 Å². The fourth-order valence-electron chi connectivity index (χ4n) is 1.91. The highest BCUT2D eigenvalue weighted by Gasteiger charge is 2.17. The van der Waals surface area contributed by atoms with Crippen LogP contribution < -0.4 is 0 Å². The predicted octanol–water partition coefficient (Wildman–Crippen LogP) is 3.96. The Kier molecular flexibility index (Phi) is 2.97. The van der Waals surface area contributed by atoms with E-state index in [1.807, 2.05) is 43.3 Å². The van der Waals surface area contributed by atoms with Crippen molar-refractivity contribution in [3.63, 3.8) is 0 Å². The minimum atomic E-state index is -0.482. The number of hydrogen-bond donors (Lipinski definition) is 0. The third-order valence-electron chi connectivity index (χ3n) is 2.75. The molecule has 16 heavy (non-hydrogen) atoms. The second-order valence-electron chi connectivity index (χ2n) is 3.96. The average molecular weight is 233 g/mol. The number of carbonyl (C=O) groups is 1. The Balaban J connectivity index is 2.75. The van der Waals surface area contributed by atoms with Crippen LogP contribution in [-0.4, -0.2) is 11.2 Å². The predicted molar refractivity (Wildman–Crippen MR) is 68.3 cm³/mol. The summed E-state index contributed by atoms with van der Waals surface area (Å²) in [4.78, 5) is 12.0. The molecule has 2 rings (SSSR count). The smallest absolute Gasteiger partial charge is 0.181 e. The monoisotopic (exact) mass is 232 g/mol. The Morgan fingerprint density at radius 3 is 2.56 bits per heavy atom. The van der Waals surface area contributed by atoms with Crippen molar-refractivity contribution in [3.8, 4) is 0 Å². The quantitative estimate of drug-likeness (QED) is 0.566. The zero-order valence-corrected chi connectivity index (χ0v) is 10.1. The summed E-state index contributed by atoms with van der Waals surface area (Å²) in [5.74, 6) is -0.00373. The van der Waals surface area contributed by atoms with Gasteiger partial charge in [0.1, 0.15) is 0 Å². The maximum atomic E-state index is 12.0. The number of fused-ring (bicyclic) bond motifs is 1. The van der Waals surface area contributed by atoms with Gasteiger partial charge in [-0.2, -0.15) is 0 Å². The Bertz CT molecular complexity index is 543. The molecule has 0 aliphatic heterocycles. The normalized spacial score (nSPS) is 12.7. The molecule has 0 bridgehead atoms. The van der Waals surface area contributed by atoms with Gasteiger partial charge in [-0.25, -0.2) is 0 Å². The highest BCUT2D eigenvalue weighted by Crippen LogP contribution is 2.24. The first-order valence-electron chi connectivity index (χ1n) is 5.28. The highest BCUT2D eigenvalue weighted by atomic mass is 35.5. The molecule has 0 spiro atoms. The van der Waals surface area contributed by atoms with E-state index in [0.29, 0.717) is 0 Å². The lowest BCUT2D eigenvalue weighted by Gasteiger charge is -2.10. The molecule has 1 nitrogen and oxygen atoms in total. The number of benzene rings is 2. The van der Waals surface area contributed by atoms with Gasteiger partial charge in [0.15, 0.2) is 5.78 Å². The zero-order chi connectivity index (χ0) is 11.7. The van der Waals surface area contributed by atoms with Crippen molar-refractivity contribution in [1.82, 2.24) is 0 Å². The first-order chi connectivity index (χ1) is 7.61. The first kappa shape index (κ1) is 11.2. The van der Waals surface area contributed by atoms with E-state index < -0.39 is 5.38 Å². The van der Waals surface area contributed by atoms with Crippen LogP contribution in [0.1, 0.15) is 22.8 Å². The molecule has 0 radical (unpaired) electrons. The lowest BCUT2D eigenvalue weighted by Crippen LogP contribution is -2.12. The summed E-state index contributed by atoms with van der Waals surface area (Å²) >= 11 is 5.89. The van der Waals surface area contributed by atoms with Crippen molar-refractivity contribution >= 4 is 28.2 Å². The van der Waals surface area contributed by atoms with Gasteiger partial charge in [0.2, 0.25) is 0 Å². The molecule has 0 saturated heterocycles. The molecule has 2 heteroatoms. The Labute approximate surface area is 100 Å². The number of carbonyl (C=O) groups excluding carboxylic acids is 1. The van der Waals surface area contributed by atoms with Gasteiger partial charge < -0.3 is 0 Å². The minimum Gasteiger partial charge on any atom is -0.292 e. The van der Waals surface area contributed by atoms with E-state index in [9.17, 15) is 4.79 Å². The van der Waals surface area contributed by atoms with E-state index in [-0.39, 0.29) is 5.78 Å². The zero-order valence-electron chi connectivity index (χ0n) is 9.33. The SMILES string of the molecule is Cc1ccc2ccccc2c1C(=O)C(C)Cl. The third-order valence-corrected chi connectivity index (χ3v) is 2.94. The number of Topliss-reactive ketones (excluding diaryl/α,β-unsaturated/α-hetero) is 1. The maximum absolute atomic E-state index is 12.0. The van der Waals surface area contributed by atoms with Crippen molar-refractivity contribution in [2.24, 2.45) is 0 Å². The summed E-state index contributed by atoms with van der Waals surface area (Å²) in [6.45, 7) is 3.66. The molecule has 0 aromatic heterocycles. The number of hydrogen-bond acceptors (Lipinski definition) is 1. The summed E-state index contributed by atoms with van der Waals surface area (Å²) in [5, 5.41) is 1.58. The molecule has 0 N–H and O–H groups in total. The van der Waals surface area contributed by atoms with Crippen LogP contribution in [0.4, 0.5) is 0 Å². The second kappa shape index (κ2) is 4.26. The van der Waals surface area contributed by atoms with Crippen molar-refractivity contribution in [2.45, 2.75) is 19.2 Å². The number of ketones is 1. The molecule has 2 aromatic rings. The van der Waals surface area contributed by atoms with Crippen LogP contribution >= 0.6 is 11.6 Å². The van der Waals surface area contributed by atoms with Crippen LogP contribution in [0.3, 0.4) is 0 Å². The fourth-order valence-corrected chi connectivity index (χ4v) is 2.02. The Morgan fingerprint density at radius 2 is 1.88 bits per heavy atom. The van der Waals surface area contributed by atoms with Crippen LogP contribution in [0.25, 0.3) is 10.8 Å². The van der Waals surface area contributed by atoms with E-state index in [0.717, 1.165) is 21.9 Å². The van der Waals surface area contributed by atoms with Gasteiger partial charge in [0.25, 0.3) is 0 Å². The van der Waals surface area contributed by atoms with E-state index in [2.05, 4.69) is 0 Å². The number of alkyl halides is 1. The van der Waals surface area contributed by atoms with Crippen molar-refractivity contribution < 1.29 is 4.79 Å². The van der Waals surface area contributed by atoms with Crippen LogP contribution in [0.2, 0.25) is 0 Å². The van der Waals surface area contributed by atoms with Crippen LogP contribution in [-0.2, 0) is 0 Å². The number of rotatable bonds is 2. The van der Waals surface area contributed by atoms with Gasteiger partial charge in [0.05, 0.1) is 5.38 Å². The van der Waals surface area contributed by atoms with Crippen molar-refractivity contribution in [2.75, 3.05) is 0 Å². The summed E-state index contributed by atoms with van der Waals surface area (Å²) in [5.41, 5.74) is 1.73. The second-order valence-corrected chi connectivity index (χ2v) is 4.61. The molecule has 0 aliphatic carbocycles. The molecule has 0 amide bonds. The largest absolute Gasteiger partial charge is 0.292 e. The van der Waals surface area contributed by atoms with Crippen molar-refractivity contribution in [1.29, 1.82) is 0 Å². The molecule has 2 aromatic carbocycles. The first-order valence-corrected chi connectivity index (χ1v) is 5.71. The standard InChI is InChI=1S/C14H13ClO/c1-9-7-8-11-5-3-4-6-12(11)13(9)14(16)10(2)15/h3-8,10H,1-2H3. The molecule has 0 aliphatic rings.